The number of aliphatic carboxylic acids is 1. The molecule has 0 bridgehead atoms. The lowest BCUT2D eigenvalue weighted by Crippen LogP contribution is -2.52. The Morgan fingerprint density at radius 3 is 2.54 bits per heavy atom. The van der Waals surface area contributed by atoms with Crippen molar-refractivity contribution in [3.63, 3.8) is 0 Å². The number of hydrogen-bond acceptors (Lipinski definition) is 6. The van der Waals surface area contributed by atoms with E-state index in [9.17, 15) is 19.2 Å². The monoisotopic (exact) mass is 479 g/mol. The number of nitrogens with one attached hydrogen (secondary N) is 2. The van der Waals surface area contributed by atoms with Crippen molar-refractivity contribution in [2.24, 2.45) is 0 Å². The third-order valence-electron chi connectivity index (χ3n) is 5.85. The molecule has 2 aromatic rings. The summed E-state index contributed by atoms with van der Waals surface area (Å²) in [6, 6.07) is 11.3. The van der Waals surface area contributed by atoms with Crippen molar-refractivity contribution in [1.29, 1.82) is 0 Å². The SMILES string of the molecule is COc1ccc(C=Cc2ccc3c(c2)C(=O)N2CC[C@H](NC(=O)COCC(=O)O)[C@H]2C(=O)N3)cc1. The number of carbonyl (C=O) groups is 4. The standard InChI is InChI=1S/C25H25N3O7/c1-34-17-7-4-15(5-8-17)2-3-16-6-9-19-18(12-16)25(33)28-11-10-20(23(28)24(32)27-19)26-21(29)13-35-14-22(30)31/h2-9,12,20,23H,10-11,13-14H2,1H3,(H,26,29)(H,27,32)(H,30,31)/t20-,23-/m0/s1. The first-order valence-electron chi connectivity index (χ1n) is 11.0. The Balaban J connectivity index is 1.48. The van der Waals surface area contributed by atoms with Crippen molar-refractivity contribution in [1.82, 2.24) is 10.2 Å². The zero-order valence-electron chi connectivity index (χ0n) is 19.0. The molecule has 4 rings (SSSR count). The Kier molecular flexibility index (Phi) is 7.11. The molecule has 1 fully saturated rings. The summed E-state index contributed by atoms with van der Waals surface area (Å²) >= 11 is 0. The number of fused-ring (bicyclic) bond motifs is 2. The lowest BCUT2D eigenvalue weighted by atomic mass is 10.1. The van der Waals surface area contributed by atoms with Crippen LogP contribution < -0.4 is 15.4 Å². The zero-order valence-corrected chi connectivity index (χ0v) is 19.0. The van der Waals surface area contributed by atoms with E-state index in [2.05, 4.69) is 10.6 Å². The van der Waals surface area contributed by atoms with Crippen LogP contribution in [0.2, 0.25) is 0 Å². The number of anilines is 1. The van der Waals surface area contributed by atoms with Gasteiger partial charge in [-0.25, -0.2) is 4.79 Å². The Morgan fingerprint density at radius 2 is 1.83 bits per heavy atom. The summed E-state index contributed by atoms with van der Waals surface area (Å²) in [5.41, 5.74) is 2.53. The Morgan fingerprint density at radius 1 is 1.11 bits per heavy atom. The topological polar surface area (TPSA) is 134 Å². The average molecular weight is 479 g/mol. The molecule has 3 amide bonds. The van der Waals surface area contributed by atoms with Crippen molar-refractivity contribution >= 4 is 41.5 Å². The minimum absolute atomic E-state index is 0.295. The molecule has 2 atom stereocenters. The Hall–Kier alpha value is -4.18. The highest BCUT2D eigenvalue weighted by Crippen LogP contribution is 2.30. The first kappa shape index (κ1) is 24.0. The van der Waals surface area contributed by atoms with Crippen LogP contribution in [-0.4, -0.2) is 72.6 Å². The summed E-state index contributed by atoms with van der Waals surface area (Å²) in [5, 5.41) is 14.1. The molecule has 2 aromatic carbocycles. The van der Waals surface area contributed by atoms with Crippen LogP contribution in [0, 0.1) is 0 Å². The van der Waals surface area contributed by atoms with E-state index in [0.29, 0.717) is 24.2 Å². The largest absolute Gasteiger partial charge is 0.497 e. The summed E-state index contributed by atoms with van der Waals surface area (Å²) in [5.74, 6) is -1.67. The van der Waals surface area contributed by atoms with Gasteiger partial charge in [-0.2, -0.15) is 0 Å². The highest BCUT2D eigenvalue weighted by Gasteiger charge is 2.45. The van der Waals surface area contributed by atoms with Gasteiger partial charge in [0.2, 0.25) is 11.8 Å². The lowest BCUT2D eigenvalue weighted by Gasteiger charge is -2.24. The molecule has 0 saturated carbocycles. The van der Waals surface area contributed by atoms with Gasteiger partial charge in [0.25, 0.3) is 5.91 Å². The number of carboxylic acid groups (broad SMARTS) is 1. The van der Waals surface area contributed by atoms with Crippen LogP contribution in [0.1, 0.15) is 27.9 Å². The summed E-state index contributed by atoms with van der Waals surface area (Å²) in [6.45, 7) is -0.754. The normalized spacial score (nSPS) is 19.1. The van der Waals surface area contributed by atoms with Crippen molar-refractivity contribution in [2.45, 2.75) is 18.5 Å². The molecule has 1 saturated heterocycles. The predicted octanol–water partition coefficient (Wildman–Crippen LogP) is 1.62. The fraction of sp³-hybridized carbons (Fsp3) is 0.280. The fourth-order valence-electron chi connectivity index (χ4n) is 4.20. The molecule has 2 aliphatic heterocycles. The van der Waals surface area contributed by atoms with Crippen molar-refractivity contribution < 1.29 is 33.8 Å². The zero-order chi connectivity index (χ0) is 24.9. The van der Waals surface area contributed by atoms with E-state index in [0.717, 1.165) is 16.9 Å². The maximum atomic E-state index is 13.3. The summed E-state index contributed by atoms with van der Waals surface area (Å²) in [6.07, 6.45) is 4.18. The van der Waals surface area contributed by atoms with Crippen molar-refractivity contribution in [2.75, 3.05) is 32.2 Å². The van der Waals surface area contributed by atoms with Crippen LogP contribution in [0.3, 0.4) is 0 Å². The van der Waals surface area contributed by atoms with Gasteiger partial charge >= 0.3 is 5.97 Å². The number of carbonyl (C=O) groups excluding carboxylic acids is 3. The minimum atomic E-state index is -1.19. The number of carboxylic acids is 1. The second-order valence-corrected chi connectivity index (χ2v) is 8.19. The van der Waals surface area contributed by atoms with Gasteiger partial charge < -0.3 is 30.1 Å². The fourth-order valence-corrected chi connectivity index (χ4v) is 4.20. The summed E-state index contributed by atoms with van der Waals surface area (Å²) in [4.78, 5) is 50.4. The van der Waals surface area contributed by atoms with Crippen molar-refractivity contribution in [3.8, 4) is 5.75 Å². The Bertz CT molecular complexity index is 1180. The molecule has 0 aliphatic carbocycles. The number of rotatable bonds is 8. The van der Waals surface area contributed by atoms with Gasteiger partial charge in [-0.3, -0.25) is 14.4 Å². The molecule has 0 aromatic heterocycles. The quantitative estimate of drug-likeness (QED) is 0.490. The predicted molar refractivity (Wildman–Crippen MR) is 127 cm³/mol. The van der Waals surface area contributed by atoms with E-state index in [1.807, 2.05) is 42.5 Å². The second kappa shape index (κ2) is 10.4. The van der Waals surface area contributed by atoms with Gasteiger partial charge in [-0.05, 0) is 41.8 Å². The highest BCUT2D eigenvalue weighted by atomic mass is 16.5. The first-order chi connectivity index (χ1) is 16.9. The van der Waals surface area contributed by atoms with Gasteiger partial charge in [-0.1, -0.05) is 30.4 Å². The molecule has 2 aliphatic rings. The van der Waals surface area contributed by atoms with E-state index in [1.165, 1.54) is 4.90 Å². The van der Waals surface area contributed by atoms with E-state index in [-0.39, 0.29) is 5.91 Å². The van der Waals surface area contributed by atoms with Gasteiger partial charge in [0, 0.05) is 6.54 Å². The molecule has 2 heterocycles. The molecule has 182 valence electrons. The smallest absolute Gasteiger partial charge is 0.329 e. The summed E-state index contributed by atoms with van der Waals surface area (Å²) in [7, 11) is 1.61. The minimum Gasteiger partial charge on any atom is -0.497 e. The number of hydrogen-bond donors (Lipinski definition) is 3. The van der Waals surface area contributed by atoms with Gasteiger partial charge in [0.05, 0.1) is 24.4 Å². The highest BCUT2D eigenvalue weighted by molar-refractivity contribution is 6.11. The van der Waals surface area contributed by atoms with Gasteiger partial charge in [0.15, 0.2) is 0 Å². The third-order valence-corrected chi connectivity index (χ3v) is 5.85. The molecule has 10 nitrogen and oxygen atoms in total. The van der Waals surface area contributed by atoms with Gasteiger partial charge in [0.1, 0.15) is 25.0 Å². The van der Waals surface area contributed by atoms with Crippen LogP contribution in [-0.2, 0) is 19.1 Å². The van der Waals surface area contributed by atoms with E-state index >= 15 is 0 Å². The molecule has 0 unspecified atom stereocenters. The molecule has 0 radical (unpaired) electrons. The van der Waals surface area contributed by atoms with E-state index in [4.69, 9.17) is 14.6 Å². The first-order valence-corrected chi connectivity index (χ1v) is 11.0. The van der Waals surface area contributed by atoms with Crippen LogP contribution in [0.5, 0.6) is 5.75 Å². The lowest BCUT2D eigenvalue weighted by molar-refractivity contribution is -0.143. The number of ether oxygens (including phenoxy) is 2. The van der Waals surface area contributed by atoms with Crippen LogP contribution >= 0.6 is 0 Å². The van der Waals surface area contributed by atoms with Crippen LogP contribution in [0.15, 0.2) is 42.5 Å². The number of methoxy groups -OCH3 is 1. The number of amides is 3. The maximum absolute atomic E-state index is 13.3. The number of nitrogens with zero attached hydrogens (tertiary/aromatic N) is 1. The van der Waals surface area contributed by atoms with Gasteiger partial charge in [-0.15, -0.1) is 0 Å². The van der Waals surface area contributed by atoms with Crippen LogP contribution in [0.25, 0.3) is 12.2 Å². The third kappa shape index (κ3) is 5.49. The summed E-state index contributed by atoms with van der Waals surface area (Å²) < 4.78 is 9.96. The molecule has 10 heteroatoms. The van der Waals surface area contributed by atoms with E-state index in [1.54, 1.807) is 19.2 Å². The molecule has 0 spiro atoms. The Labute approximate surface area is 201 Å². The van der Waals surface area contributed by atoms with Crippen LogP contribution in [0.4, 0.5) is 5.69 Å². The van der Waals surface area contributed by atoms with E-state index < -0.39 is 43.1 Å². The number of benzene rings is 2. The molecule has 3 N–H and O–H groups in total. The molecular weight excluding hydrogens is 454 g/mol. The van der Waals surface area contributed by atoms with Crippen molar-refractivity contribution in [3.05, 3.63) is 59.2 Å². The maximum Gasteiger partial charge on any atom is 0.329 e. The molecular formula is C25H25N3O7. The average Bonchev–Trinajstić information content (AvgIpc) is 3.22. The second-order valence-electron chi connectivity index (χ2n) is 8.19. The molecule has 35 heavy (non-hydrogen) atoms.